The molecule has 2 aromatic heterocycles. The molecule has 0 bridgehead atoms. The van der Waals surface area contributed by atoms with Crippen molar-refractivity contribution in [3.8, 4) is 5.75 Å². The number of alkyl halides is 5. The molecule has 17 heteroatoms. The lowest BCUT2D eigenvalue weighted by Gasteiger charge is -2.38. The zero-order valence-electron chi connectivity index (χ0n) is 23.8. The molecule has 2 N–H and O–H groups in total. The summed E-state index contributed by atoms with van der Waals surface area (Å²) in [5.41, 5.74) is -10.7. The highest BCUT2D eigenvalue weighted by molar-refractivity contribution is 7.88. The smallest absolute Gasteiger partial charge is 0.385 e. The lowest BCUT2D eigenvalue weighted by atomic mass is 9.84. The minimum absolute atomic E-state index is 0.0801. The second kappa shape index (κ2) is 11.6. The molecule has 240 valence electrons. The van der Waals surface area contributed by atoms with Crippen molar-refractivity contribution in [1.82, 2.24) is 14.5 Å². The number of aryl methyl sites for hydroxylation is 2. The number of pyridine rings is 2. The molecule has 3 heterocycles. The van der Waals surface area contributed by atoms with Crippen LogP contribution in [0, 0.1) is 12.7 Å². The van der Waals surface area contributed by atoms with Crippen LogP contribution in [0.5, 0.6) is 5.75 Å². The van der Waals surface area contributed by atoms with Gasteiger partial charge in [0.15, 0.2) is 5.75 Å². The molecule has 44 heavy (non-hydrogen) atoms. The summed E-state index contributed by atoms with van der Waals surface area (Å²) < 4.78 is 111. The van der Waals surface area contributed by atoms with Crippen LogP contribution in [0.3, 0.4) is 0 Å². The standard InChI is InChI=1S/C27H28F6N4O6S/c1-13(16-6-5-7-17(20(16)28)23(29)30)34-24-18-12-19(26(40)8-10-37(11-9-26)15(3)38)25(39)36(4)21(18)22(14(2)35-24)43-44(41,42)27(31,32)33/h5-7,12-13,23,40H,8-11H2,1-4H3,(H,34,35). The Bertz CT molecular complexity index is 1790. The molecule has 1 atom stereocenters. The maximum atomic E-state index is 15.0. The van der Waals surface area contributed by atoms with E-state index in [-0.39, 0.29) is 54.2 Å². The van der Waals surface area contributed by atoms with Crippen molar-refractivity contribution in [3.63, 3.8) is 0 Å². The van der Waals surface area contributed by atoms with Gasteiger partial charge >= 0.3 is 15.6 Å². The number of benzene rings is 1. The minimum Gasteiger partial charge on any atom is -0.385 e. The minimum atomic E-state index is -6.23. The number of fused-ring (bicyclic) bond motifs is 1. The lowest BCUT2D eigenvalue weighted by Crippen LogP contribution is -2.47. The Morgan fingerprint density at radius 1 is 1.18 bits per heavy atom. The quantitative estimate of drug-likeness (QED) is 0.217. The number of likely N-dealkylation sites (tertiary alicyclic amines) is 1. The van der Waals surface area contributed by atoms with Gasteiger partial charge in [0.2, 0.25) is 5.91 Å². The summed E-state index contributed by atoms with van der Waals surface area (Å²) in [5.74, 6) is -2.59. The first-order chi connectivity index (χ1) is 20.3. The summed E-state index contributed by atoms with van der Waals surface area (Å²) >= 11 is 0. The molecule has 10 nitrogen and oxygen atoms in total. The van der Waals surface area contributed by atoms with Crippen LogP contribution in [0.15, 0.2) is 29.1 Å². The third kappa shape index (κ3) is 5.94. The average Bonchev–Trinajstić information content (AvgIpc) is 2.91. The Morgan fingerprint density at radius 2 is 1.77 bits per heavy atom. The van der Waals surface area contributed by atoms with Gasteiger partial charge in [-0.25, -0.2) is 18.2 Å². The number of aromatic nitrogens is 2. The van der Waals surface area contributed by atoms with Gasteiger partial charge in [-0.2, -0.15) is 21.6 Å². The number of hydrogen-bond donors (Lipinski definition) is 2. The molecule has 1 aliphatic heterocycles. The number of anilines is 1. The normalized spacial score (nSPS) is 16.3. The molecule has 0 radical (unpaired) electrons. The van der Waals surface area contributed by atoms with Crippen LogP contribution >= 0.6 is 0 Å². The summed E-state index contributed by atoms with van der Waals surface area (Å²) in [7, 11) is -5.11. The molecule has 1 saturated heterocycles. The number of rotatable bonds is 7. The molecule has 0 spiro atoms. The van der Waals surface area contributed by atoms with E-state index < -0.39 is 67.6 Å². The molecular weight excluding hydrogens is 622 g/mol. The number of nitrogens with zero attached hydrogens (tertiary/aromatic N) is 3. The van der Waals surface area contributed by atoms with Crippen LogP contribution < -0.4 is 15.1 Å². The second-order valence-corrected chi connectivity index (χ2v) is 12.0. The predicted molar refractivity (Wildman–Crippen MR) is 146 cm³/mol. The summed E-state index contributed by atoms with van der Waals surface area (Å²) in [6.45, 7) is 4.00. The number of aliphatic hydroxyl groups is 1. The van der Waals surface area contributed by atoms with E-state index >= 15 is 0 Å². The van der Waals surface area contributed by atoms with Gasteiger partial charge in [-0.1, -0.05) is 18.2 Å². The first-order valence-corrected chi connectivity index (χ1v) is 14.6. The van der Waals surface area contributed by atoms with Gasteiger partial charge in [-0.15, -0.1) is 0 Å². The first-order valence-electron chi connectivity index (χ1n) is 13.2. The van der Waals surface area contributed by atoms with Crippen molar-refractivity contribution < 1.29 is 48.8 Å². The lowest BCUT2D eigenvalue weighted by molar-refractivity contribution is -0.133. The molecule has 0 aliphatic carbocycles. The molecule has 4 rings (SSSR count). The Balaban J connectivity index is 1.95. The number of piperidine rings is 1. The van der Waals surface area contributed by atoms with E-state index in [2.05, 4.69) is 14.5 Å². The Kier molecular flexibility index (Phi) is 8.69. The SMILES string of the molecule is CC(=O)N1CCC(O)(c2cc3c(NC(C)c4cccc(C(F)F)c4F)nc(C)c(OS(=O)(=O)C(F)(F)F)c3n(C)c2=O)CC1. The fraction of sp³-hybridized carbons (Fsp3) is 0.444. The van der Waals surface area contributed by atoms with E-state index in [1.165, 1.54) is 30.9 Å². The summed E-state index contributed by atoms with van der Waals surface area (Å²) in [6, 6.07) is 3.37. The highest BCUT2D eigenvalue weighted by atomic mass is 32.2. The van der Waals surface area contributed by atoms with Gasteiger partial charge in [0.1, 0.15) is 17.2 Å². The van der Waals surface area contributed by atoms with E-state index in [0.717, 1.165) is 30.7 Å². The van der Waals surface area contributed by atoms with Crippen LogP contribution in [0.25, 0.3) is 10.9 Å². The van der Waals surface area contributed by atoms with Gasteiger partial charge in [-0.05, 0) is 32.8 Å². The molecule has 1 unspecified atom stereocenters. The number of hydrogen-bond acceptors (Lipinski definition) is 8. The maximum Gasteiger partial charge on any atom is 0.534 e. The molecule has 3 aromatic rings. The monoisotopic (exact) mass is 650 g/mol. The van der Waals surface area contributed by atoms with Gasteiger partial charge in [0.05, 0.1) is 22.9 Å². The summed E-state index contributed by atoms with van der Waals surface area (Å²) in [6.07, 6.45) is -3.28. The summed E-state index contributed by atoms with van der Waals surface area (Å²) in [5, 5.41) is 14.1. The van der Waals surface area contributed by atoms with Gasteiger partial charge in [0.25, 0.3) is 12.0 Å². The number of halogens is 6. The fourth-order valence-corrected chi connectivity index (χ4v) is 5.67. The molecule has 0 saturated carbocycles. The highest BCUT2D eigenvalue weighted by Gasteiger charge is 2.49. The topological polar surface area (TPSA) is 131 Å². The Morgan fingerprint density at radius 3 is 2.32 bits per heavy atom. The third-order valence-electron chi connectivity index (χ3n) is 7.62. The number of carbonyl (C=O) groups excluding carboxylic acids is 1. The van der Waals surface area contributed by atoms with Gasteiger partial charge in [-0.3, -0.25) is 9.59 Å². The van der Waals surface area contributed by atoms with E-state index in [4.69, 9.17) is 0 Å². The molecule has 1 aromatic carbocycles. The van der Waals surface area contributed by atoms with Crippen LogP contribution in [0.1, 0.15) is 61.5 Å². The van der Waals surface area contributed by atoms with Crippen LogP contribution in [-0.2, 0) is 27.6 Å². The van der Waals surface area contributed by atoms with E-state index in [0.29, 0.717) is 0 Å². The molecule has 1 amide bonds. The highest BCUT2D eigenvalue weighted by Crippen LogP contribution is 2.40. The van der Waals surface area contributed by atoms with Crippen molar-refractivity contribution in [3.05, 3.63) is 62.8 Å². The van der Waals surface area contributed by atoms with Crippen molar-refractivity contribution >= 4 is 32.7 Å². The van der Waals surface area contributed by atoms with Crippen LogP contribution in [0.2, 0.25) is 0 Å². The molecular formula is C27H28F6N4O6S. The predicted octanol–water partition coefficient (Wildman–Crippen LogP) is 4.55. The Hall–Kier alpha value is -3.86. The molecule has 1 fully saturated rings. The first kappa shape index (κ1) is 33.0. The molecule has 1 aliphatic rings. The van der Waals surface area contributed by atoms with E-state index in [9.17, 15) is 49.5 Å². The van der Waals surface area contributed by atoms with E-state index in [1.54, 1.807) is 0 Å². The van der Waals surface area contributed by atoms with Crippen LogP contribution in [0.4, 0.5) is 32.2 Å². The average molecular weight is 651 g/mol. The Labute approximate surface area is 247 Å². The van der Waals surface area contributed by atoms with Crippen molar-refractivity contribution in [2.45, 2.75) is 57.2 Å². The van der Waals surface area contributed by atoms with Gasteiger partial charge < -0.3 is 24.1 Å². The van der Waals surface area contributed by atoms with Crippen molar-refractivity contribution in [2.75, 3.05) is 18.4 Å². The van der Waals surface area contributed by atoms with Crippen LogP contribution in [-0.4, -0.2) is 52.5 Å². The second-order valence-electron chi connectivity index (χ2n) is 10.5. The van der Waals surface area contributed by atoms with Gasteiger partial charge in [0, 0.05) is 43.6 Å². The fourth-order valence-electron chi connectivity index (χ4n) is 5.16. The maximum absolute atomic E-state index is 15.0. The number of carbonyl (C=O) groups is 1. The van der Waals surface area contributed by atoms with Crippen molar-refractivity contribution in [1.29, 1.82) is 0 Å². The zero-order chi connectivity index (χ0) is 32.9. The number of nitrogens with one attached hydrogen (secondary N) is 1. The third-order valence-corrected chi connectivity index (χ3v) is 8.57. The number of amides is 1. The zero-order valence-corrected chi connectivity index (χ0v) is 24.6. The van der Waals surface area contributed by atoms with Crippen molar-refractivity contribution in [2.24, 2.45) is 7.05 Å². The largest absolute Gasteiger partial charge is 0.534 e. The summed E-state index contributed by atoms with van der Waals surface area (Å²) in [4.78, 5) is 31.0. The van der Waals surface area contributed by atoms with E-state index in [1.807, 2.05) is 0 Å².